The number of thioether (sulfide) groups is 1. The average Bonchev–Trinajstić information content (AvgIpc) is 3.44. The van der Waals surface area contributed by atoms with E-state index in [2.05, 4.69) is 20.3 Å². The van der Waals surface area contributed by atoms with Gasteiger partial charge in [0.05, 0.1) is 30.4 Å². The number of amides is 1. The molecule has 11 nitrogen and oxygen atoms in total. The van der Waals surface area contributed by atoms with E-state index in [1.54, 1.807) is 10.8 Å². The number of rotatable bonds is 12. The number of hydrogen-bond acceptors (Lipinski definition) is 8. The largest absolute Gasteiger partial charge is 0.395 e. The molecule has 0 radical (unpaired) electrons. The number of benzene rings is 1. The van der Waals surface area contributed by atoms with Gasteiger partial charge >= 0.3 is 0 Å². The predicted molar refractivity (Wildman–Crippen MR) is 139 cm³/mol. The highest BCUT2D eigenvalue weighted by Crippen LogP contribution is 2.23. The molecule has 0 saturated heterocycles. The first kappa shape index (κ1) is 25.9. The van der Waals surface area contributed by atoms with Gasteiger partial charge in [0.25, 0.3) is 5.56 Å². The van der Waals surface area contributed by atoms with Gasteiger partial charge in [-0.1, -0.05) is 42.1 Å². The van der Waals surface area contributed by atoms with Crippen LogP contribution < -0.4 is 16.6 Å². The number of H-pyrrole nitrogens is 1. The Labute approximate surface area is 212 Å². The van der Waals surface area contributed by atoms with Gasteiger partial charge in [-0.2, -0.15) is 4.98 Å². The minimum Gasteiger partial charge on any atom is -0.395 e. The molecule has 5 N–H and O–H groups in total. The Morgan fingerprint density at radius 1 is 1.28 bits per heavy atom. The first-order valence-electron chi connectivity index (χ1n) is 11.7. The number of aromatic amines is 1. The van der Waals surface area contributed by atoms with Crippen LogP contribution in [0.4, 0.5) is 0 Å². The van der Waals surface area contributed by atoms with Crippen molar-refractivity contribution in [2.75, 3.05) is 25.6 Å². The summed E-state index contributed by atoms with van der Waals surface area (Å²) in [6.07, 6.45) is 3.22. The van der Waals surface area contributed by atoms with Crippen molar-refractivity contribution in [2.45, 2.75) is 44.0 Å². The highest BCUT2D eigenvalue weighted by Gasteiger charge is 2.20. The van der Waals surface area contributed by atoms with Crippen LogP contribution in [0.2, 0.25) is 0 Å². The first-order chi connectivity index (χ1) is 17.3. The standard InChI is InChI=1S/C24H31N7O4S/c1-24(2,35-15-25)9-6-10-26-18(33)14-36-23-28-19-20(30(23)11-12-32)29-22-27-17(13-31(22)21(19)34)16-7-4-3-5-8-16/h3-5,7-8,13,32H,6,9-12,14-15,25H2,1-2H3,(H,26,33)(H,27,29). The minimum atomic E-state index is -0.337. The van der Waals surface area contributed by atoms with E-state index < -0.39 is 0 Å². The molecule has 4 rings (SSSR count). The number of aliphatic hydroxyl groups excluding tert-OH is 1. The van der Waals surface area contributed by atoms with Gasteiger partial charge in [0.15, 0.2) is 16.3 Å². The number of carbonyl (C=O) groups is 1. The summed E-state index contributed by atoms with van der Waals surface area (Å²) in [7, 11) is 0. The van der Waals surface area contributed by atoms with Crippen LogP contribution in [0.25, 0.3) is 28.2 Å². The van der Waals surface area contributed by atoms with Crippen LogP contribution in [0.5, 0.6) is 0 Å². The van der Waals surface area contributed by atoms with Gasteiger partial charge in [0.1, 0.15) is 0 Å². The van der Waals surface area contributed by atoms with Gasteiger partial charge in [-0.15, -0.1) is 0 Å². The lowest BCUT2D eigenvalue weighted by Gasteiger charge is -2.24. The number of carbonyl (C=O) groups excluding carboxylic acids is 1. The number of hydrogen-bond donors (Lipinski definition) is 4. The Morgan fingerprint density at radius 3 is 2.78 bits per heavy atom. The van der Waals surface area contributed by atoms with Crippen LogP contribution in [-0.2, 0) is 16.1 Å². The average molecular weight is 514 g/mol. The van der Waals surface area contributed by atoms with Crippen molar-refractivity contribution in [1.82, 2.24) is 29.2 Å². The fourth-order valence-corrected chi connectivity index (χ4v) is 4.78. The number of imidazole rings is 2. The number of nitrogens with zero attached hydrogens (tertiary/aromatic N) is 4. The predicted octanol–water partition coefficient (Wildman–Crippen LogP) is 1.73. The van der Waals surface area contributed by atoms with Crippen molar-refractivity contribution < 1.29 is 14.6 Å². The van der Waals surface area contributed by atoms with E-state index in [-0.39, 0.29) is 48.2 Å². The molecule has 192 valence electrons. The maximum atomic E-state index is 13.2. The molecule has 0 aliphatic carbocycles. The van der Waals surface area contributed by atoms with E-state index in [4.69, 9.17) is 10.5 Å². The zero-order chi connectivity index (χ0) is 25.7. The third kappa shape index (κ3) is 5.78. The number of aliphatic hydroxyl groups is 1. The van der Waals surface area contributed by atoms with Crippen molar-refractivity contribution in [3.05, 3.63) is 46.9 Å². The summed E-state index contributed by atoms with van der Waals surface area (Å²) in [5, 5.41) is 12.9. The maximum Gasteiger partial charge on any atom is 0.287 e. The second-order valence-electron chi connectivity index (χ2n) is 8.90. The van der Waals surface area contributed by atoms with Crippen molar-refractivity contribution in [3.63, 3.8) is 0 Å². The van der Waals surface area contributed by atoms with E-state index in [0.717, 1.165) is 24.1 Å². The minimum absolute atomic E-state index is 0.120. The highest BCUT2D eigenvalue weighted by atomic mass is 32.2. The van der Waals surface area contributed by atoms with E-state index >= 15 is 0 Å². The molecular formula is C24H31N7O4S. The normalized spacial score (nSPS) is 12.0. The van der Waals surface area contributed by atoms with Gasteiger partial charge in [0, 0.05) is 19.3 Å². The van der Waals surface area contributed by atoms with Gasteiger partial charge < -0.3 is 30.4 Å². The first-order valence-corrected chi connectivity index (χ1v) is 12.7. The SMILES string of the molecule is CC(C)(CCCNC(=O)CSc1nc2c(=O)n3cc(-c4ccccc4)[nH]c3nc2n1CCO)OCN. The van der Waals surface area contributed by atoms with Crippen molar-refractivity contribution in [1.29, 1.82) is 0 Å². The number of fused-ring (bicyclic) bond motifs is 2. The molecular weight excluding hydrogens is 482 g/mol. The summed E-state index contributed by atoms with van der Waals surface area (Å²) in [5.41, 5.74) is 7.01. The Kier molecular flexibility index (Phi) is 8.09. The summed E-state index contributed by atoms with van der Waals surface area (Å²) in [5.74, 6) is 0.347. The van der Waals surface area contributed by atoms with Gasteiger partial charge in [-0.3, -0.25) is 9.59 Å². The van der Waals surface area contributed by atoms with Crippen LogP contribution in [-0.4, -0.2) is 66.2 Å². The zero-order valence-electron chi connectivity index (χ0n) is 20.4. The molecule has 3 heterocycles. The molecule has 3 aromatic heterocycles. The third-order valence-electron chi connectivity index (χ3n) is 5.76. The van der Waals surface area contributed by atoms with Gasteiger partial charge in [-0.25, -0.2) is 9.38 Å². The maximum absolute atomic E-state index is 13.2. The van der Waals surface area contributed by atoms with E-state index in [0.29, 0.717) is 23.1 Å². The summed E-state index contributed by atoms with van der Waals surface area (Å²) in [4.78, 5) is 37.9. The molecule has 0 bridgehead atoms. The number of nitrogens with two attached hydrogens (primary N) is 1. The number of aromatic nitrogens is 5. The Hall–Kier alpha value is -3.19. The lowest BCUT2D eigenvalue weighted by Crippen LogP contribution is -2.31. The third-order valence-corrected chi connectivity index (χ3v) is 6.74. The molecule has 0 spiro atoms. The van der Waals surface area contributed by atoms with Crippen molar-refractivity contribution >= 4 is 34.6 Å². The van der Waals surface area contributed by atoms with E-state index in [1.807, 2.05) is 44.2 Å². The van der Waals surface area contributed by atoms with E-state index in [9.17, 15) is 14.7 Å². The molecule has 36 heavy (non-hydrogen) atoms. The van der Waals surface area contributed by atoms with Crippen LogP contribution in [0.15, 0.2) is 46.5 Å². The molecule has 0 fully saturated rings. The Balaban J connectivity index is 1.49. The summed E-state index contributed by atoms with van der Waals surface area (Å²) < 4.78 is 8.56. The van der Waals surface area contributed by atoms with Crippen LogP contribution in [0.1, 0.15) is 26.7 Å². The van der Waals surface area contributed by atoms with Crippen LogP contribution in [0.3, 0.4) is 0 Å². The van der Waals surface area contributed by atoms with Crippen molar-refractivity contribution in [2.24, 2.45) is 5.73 Å². The van der Waals surface area contributed by atoms with Crippen molar-refractivity contribution in [3.8, 4) is 11.3 Å². The topological polar surface area (TPSA) is 153 Å². The highest BCUT2D eigenvalue weighted by molar-refractivity contribution is 7.99. The van der Waals surface area contributed by atoms with Gasteiger partial charge in [0.2, 0.25) is 11.7 Å². The quantitative estimate of drug-likeness (QED) is 0.127. The molecule has 12 heteroatoms. The molecule has 1 aromatic carbocycles. The van der Waals surface area contributed by atoms with E-state index in [1.165, 1.54) is 16.2 Å². The molecule has 4 aromatic rings. The molecule has 0 saturated carbocycles. The van der Waals surface area contributed by atoms with Crippen LogP contribution in [0, 0.1) is 0 Å². The second kappa shape index (κ2) is 11.2. The molecule has 1 amide bonds. The monoisotopic (exact) mass is 513 g/mol. The fraction of sp³-hybridized carbons (Fsp3) is 0.417. The molecule has 0 atom stereocenters. The van der Waals surface area contributed by atoms with Gasteiger partial charge in [-0.05, 0) is 32.3 Å². The Bertz CT molecular complexity index is 1390. The number of nitrogens with one attached hydrogen (secondary N) is 2. The molecule has 0 unspecified atom stereocenters. The molecule has 0 aliphatic rings. The lowest BCUT2D eigenvalue weighted by atomic mass is 10.0. The van der Waals surface area contributed by atoms with Crippen LogP contribution >= 0.6 is 11.8 Å². The number of ether oxygens (including phenoxy) is 1. The summed E-state index contributed by atoms with van der Waals surface area (Å²) in [6, 6.07) is 9.63. The summed E-state index contributed by atoms with van der Waals surface area (Å²) >= 11 is 1.20. The fourth-order valence-electron chi connectivity index (χ4n) is 3.93. The second-order valence-corrected chi connectivity index (χ2v) is 9.84. The summed E-state index contributed by atoms with van der Waals surface area (Å²) in [6.45, 7) is 4.64. The smallest absolute Gasteiger partial charge is 0.287 e. The molecule has 0 aliphatic heterocycles. The Morgan fingerprint density at radius 2 is 2.06 bits per heavy atom. The zero-order valence-corrected chi connectivity index (χ0v) is 21.2. The lowest BCUT2D eigenvalue weighted by molar-refractivity contribution is -0.118.